The van der Waals surface area contributed by atoms with Crippen LogP contribution in [0.3, 0.4) is 0 Å². The highest BCUT2D eigenvalue weighted by Gasteiger charge is 2.70. The van der Waals surface area contributed by atoms with E-state index < -0.39 is 67.7 Å². The highest BCUT2D eigenvalue weighted by atomic mass is 32.2. The molecular formula is C12H12N4O9S. The number of aliphatic carboxylic acids is 1. The van der Waals surface area contributed by atoms with Crippen LogP contribution >= 0.6 is 0 Å². The van der Waals surface area contributed by atoms with Crippen molar-refractivity contribution in [2.24, 2.45) is 0 Å². The molecule has 1 aromatic rings. The van der Waals surface area contributed by atoms with Crippen molar-refractivity contribution < 1.29 is 42.9 Å². The molecule has 0 bridgehead atoms. The average Bonchev–Trinajstić information content (AvgIpc) is 2.97. The van der Waals surface area contributed by atoms with E-state index in [-0.39, 0.29) is 6.42 Å². The topological polar surface area (TPSA) is 197 Å². The summed E-state index contributed by atoms with van der Waals surface area (Å²) >= 11 is 0. The van der Waals surface area contributed by atoms with Gasteiger partial charge in [0.05, 0.1) is 13.0 Å². The molecule has 26 heavy (non-hydrogen) atoms. The van der Waals surface area contributed by atoms with E-state index in [1.165, 1.54) is 0 Å². The van der Waals surface area contributed by atoms with Crippen LogP contribution in [-0.2, 0) is 26.0 Å². The predicted octanol–water partition coefficient (Wildman–Crippen LogP) is -2.13. The fourth-order valence-corrected chi connectivity index (χ4v) is 5.71. The molecule has 0 saturated carbocycles. The van der Waals surface area contributed by atoms with Gasteiger partial charge in [-0.15, -0.1) is 5.10 Å². The third-order valence-electron chi connectivity index (χ3n) is 4.65. The molecule has 2 saturated heterocycles. The van der Waals surface area contributed by atoms with E-state index in [4.69, 9.17) is 5.11 Å². The summed E-state index contributed by atoms with van der Waals surface area (Å²) in [4.78, 5) is 46.5. The van der Waals surface area contributed by atoms with E-state index in [1.807, 2.05) is 0 Å². The van der Waals surface area contributed by atoms with E-state index in [0.717, 1.165) is 11.8 Å². The Morgan fingerprint density at radius 3 is 2.31 bits per heavy atom. The fraction of sp³-hybridized carbons (Fsp3) is 0.500. The van der Waals surface area contributed by atoms with Crippen LogP contribution in [0.5, 0.6) is 0 Å². The second-order valence-corrected chi connectivity index (χ2v) is 8.68. The van der Waals surface area contributed by atoms with E-state index >= 15 is 0 Å². The molecule has 13 nitrogen and oxygen atoms in total. The molecule has 1 amide bonds. The Morgan fingerprint density at radius 2 is 1.85 bits per heavy atom. The lowest BCUT2D eigenvalue weighted by Gasteiger charge is -2.35. The van der Waals surface area contributed by atoms with Gasteiger partial charge in [0.15, 0.2) is 21.6 Å². The largest absolute Gasteiger partial charge is 0.480 e. The molecule has 0 spiro atoms. The monoisotopic (exact) mass is 388 g/mol. The highest BCUT2D eigenvalue weighted by molar-refractivity contribution is 7.93. The summed E-state index contributed by atoms with van der Waals surface area (Å²) in [7, 11) is -4.21. The lowest BCUT2D eigenvalue weighted by molar-refractivity contribution is -0.157. The first-order valence-corrected chi connectivity index (χ1v) is 8.65. The highest BCUT2D eigenvalue weighted by Crippen LogP contribution is 2.46. The van der Waals surface area contributed by atoms with Crippen LogP contribution in [0.25, 0.3) is 0 Å². The number of carbonyl (C=O) groups is 4. The zero-order valence-corrected chi connectivity index (χ0v) is 13.9. The number of hydrogen-bond donors (Lipinski definition) is 3. The molecule has 140 valence electrons. The minimum atomic E-state index is -4.21. The number of aromatic carboxylic acids is 2. The summed E-state index contributed by atoms with van der Waals surface area (Å²) in [5.74, 6) is -5.65. The molecule has 0 unspecified atom stereocenters. The summed E-state index contributed by atoms with van der Waals surface area (Å²) < 4.78 is 24.0. The third-order valence-corrected chi connectivity index (χ3v) is 7.41. The van der Waals surface area contributed by atoms with Crippen molar-refractivity contribution in [2.45, 2.75) is 36.1 Å². The number of carboxylic acid groups (broad SMARTS) is 3. The Hall–Kier alpha value is -3.03. The summed E-state index contributed by atoms with van der Waals surface area (Å²) in [5.41, 5.74) is -1.80. The Kier molecular flexibility index (Phi) is 3.58. The van der Waals surface area contributed by atoms with Crippen molar-refractivity contribution in [3.63, 3.8) is 0 Å². The van der Waals surface area contributed by atoms with Crippen LogP contribution in [0.15, 0.2) is 0 Å². The van der Waals surface area contributed by atoms with Crippen LogP contribution in [0.4, 0.5) is 0 Å². The Labute approximate surface area is 144 Å². The van der Waals surface area contributed by atoms with Gasteiger partial charge in [0, 0.05) is 0 Å². The zero-order chi connectivity index (χ0) is 19.6. The first kappa shape index (κ1) is 17.8. The Morgan fingerprint density at radius 1 is 1.23 bits per heavy atom. The maximum Gasteiger partial charge on any atom is 0.359 e. The first-order valence-electron chi connectivity index (χ1n) is 7.11. The normalized spacial score (nSPS) is 29.1. The minimum Gasteiger partial charge on any atom is -0.480 e. The second-order valence-electron chi connectivity index (χ2n) is 6.11. The van der Waals surface area contributed by atoms with Crippen molar-refractivity contribution in [3.8, 4) is 0 Å². The van der Waals surface area contributed by atoms with E-state index in [9.17, 15) is 37.8 Å². The molecule has 2 aliphatic heterocycles. The molecule has 3 atom stereocenters. The van der Waals surface area contributed by atoms with E-state index in [1.54, 1.807) is 0 Å². The first-order chi connectivity index (χ1) is 11.9. The summed E-state index contributed by atoms with van der Waals surface area (Å²) in [5, 5.41) is 32.9. The minimum absolute atomic E-state index is 0.370. The average molecular weight is 388 g/mol. The van der Waals surface area contributed by atoms with Crippen molar-refractivity contribution in [1.29, 1.82) is 0 Å². The number of sulfone groups is 1. The molecule has 0 radical (unpaired) electrons. The molecule has 0 aromatic carbocycles. The standard InChI is InChI=1S/C12H12N4O9S/c1-12(3-15-7(10(20)21)6(9(18)19)13-14-15)8(11(22)23)16-4(17)2-5(16)26(12,24)25/h5,8H,2-3H2,1H3,(H,18,19)(H,20,21)(H,22,23)/t5-,8+,12+/m1/s1. The molecule has 3 rings (SSSR count). The summed E-state index contributed by atoms with van der Waals surface area (Å²) in [6, 6.07) is -1.77. The van der Waals surface area contributed by atoms with Crippen LogP contribution in [-0.4, -0.2) is 83.6 Å². The van der Waals surface area contributed by atoms with Crippen LogP contribution in [0.1, 0.15) is 34.3 Å². The molecule has 2 fully saturated rings. The maximum absolute atomic E-state index is 12.8. The smallest absolute Gasteiger partial charge is 0.359 e. The van der Waals surface area contributed by atoms with Gasteiger partial charge < -0.3 is 20.2 Å². The van der Waals surface area contributed by atoms with Crippen molar-refractivity contribution in [3.05, 3.63) is 11.4 Å². The number of carboxylic acids is 3. The lowest BCUT2D eigenvalue weighted by Crippen LogP contribution is -2.58. The van der Waals surface area contributed by atoms with Crippen molar-refractivity contribution in [1.82, 2.24) is 19.9 Å². The predicted molar refractivity (Wildman–Crippen MR) is 77.9 cm³/mol. The molecule has 1 aromatic heterocycles. The number of rotatable bonds is 5. The summed E-state index contributed by atoms with van der Waals surface area (Å²) in [6.07, 6.45) is -0.370. The van der Waals surface area contributed by atoms with Gasteiger partial charge in [-0.1, -0.05) is 5.21 Å². The number of nitrogens with zero attached hydrogens (tertiary/aromatic N) is 4. The van der Waals surface area contributed by atoms with Gasteiger partial charge in [-0.2, -0.15) is 0 Å². The van der Waals surface area contributed by atoms with Gasteiger partial charge >= 0.3 is 17.9 Å². The molecule has 14 heteroatoms. The Bertz CT molecular complexity index is 967. The van der Waals surface area contributed by atoms with E-state index in [2.05, 4.69) is 10.3 Å². The second kappa shape index (κ2) is 5.23. The molecule has 2 aliphatic rings. The maximum atomic E-state index is 12.8. The van der Waals surface area contributed by atoms with Gasteiger partial charge in [-0.3, -0.25) is 4.79 Å². The fourth-order valence-electron chi connectivity index (χ4n) is 3.36. The van der Waals surface area contributed by atoms with Crippen LogP contribution in [0.2, 0.25) is 0 Å². The third kappa shape index (κ3) is 2.04. The van der Waals surface area contributed by atoms with Crippen molar-refractivity contribution >= 4 is 33.7 Å². The molecule has 0 aliphatic carbocycles. The number of hydrogen-bond acceptors (Lipinski definition) is 8. The van der Waals surface area contributed by atoms with Crippen molar-refractivity contribution in [2.75, 3.05) is 0 Å². The molecule has 3 heterocycles. The zero-order valence-electron chi connectivity index (χ0n) is 13.1. The molecule has 3 N–H and O–H groups in total. The number of fused-ring (bicyclic) bond motifs is 1. The van der Waals surface area contributed by atoms with Gasteiger partial charge in [-0.05, 0) is 6.92 Å². The van der Waals surface area contributed by atoms with Gasteiger partial charge in [-0.25, -0.2) is 27.5 Å². The SMILES string of the molecule is C[C@]1(Cn2nnc(C(=O)O)c2C(=O)O)[C@H](C(=O)O)N2C(=O)C[C@H]2S1(=O)=O. The number of carbonyl (C=O) groups excluding carboxylic acids is 1. The van der Waals surface area contributed by atoms with E-state index in [0.29, 0.717) is 4.68 Å². The molecular weight excluding hydrogens is 376 g/mol. The van der Waals surface area contributed by atoms with Gasteiger partial charge in [0.25, 0.3) is 0 Å². The summed E-state index contributed by atoms with van der Waals surface area (Å²) in [6.45, 7) is 0.259. The number of aromatic nitrogens is 3. The van der Waals surface area contributed by atoms with Gasteiger partial charge in [0.1, 0.15) is 10.1 Å². The number of amides is 1. The number of β-lactam (4-membered cyclic amide) rings is 1. The Balaban J connectivity index is 2.14. The lowest BCUT2D eigenvalue weighted by atomic mass is 9.96. The van der Waals surface area contributed by atoms with Gasteiger partial charge in [0.2, 0.25) is 11.6 Å². The van der Waals surface area contributed by atoms with Crippen LogP contribution in [0, 0.1) is 0 Å². The van der Waals surface area contributed by atoms with Crippen LogP contribution < -0.4 is 0 Å². The quantitative estimate of drug-likeness (QED) is 0.466.